The van der Waals surface area contributed by atoms with Crippen LogP contribution in [0.25, 0.3) is 0 Å². The van der Waals surface area contributed by atoms with Crippen LogP contribution in [0.5, 0.6) is 0 Å². The number of unbranched alkanes of at least 4 members (excludes halogenated alkanes) is 3. The van der Waals surface area contributed by atoms with E-state index in [0.29, 0.717) is 11.4 Å². The first-order valence-corrected chi connectivity index (χ1v) is 7.65. The van der Waals surface area contributed by atoms with E-state index in [4.69, 9.17) is 17.3 Å². The van der Waals surface area contributed by atoms with E-state index in [1.807, 2.05) is 38.2 Å². The summed E-state index contributed by atoms with van der Waals surface area (Å²) in [5, 5.41) is 0.706. The second-order valence-corrected chi connectivity index (χ2v) is 5.62. The van der Waals surface area contributed by atoms with E-state index in [-0.39, 0.29) is 11.9 Å². The van der Waals surface area contributed by atoms with Crippen LogP contribution in [0.4, 0.5) is 0 Å². The van der Waals surface area contributed by atoms with E-state index < -0.39 is 0 Å². The number of hydrogen-bond acceptors (Lipinski definition) is 2. The predicted molar refractivity (Wildman–Crippen MR) is 84.8 cm³/mol. The summed E-state index contributed by atoms with van der Waals surface area (Å²) >= 11 is 5.99. The van der Waals surface area contributed by atoms with Gasteiger partial charge in [0.25, 0.3) is 0 Å². The van der Waals surface area contributed by atoms with Crippen molar-refractivity contribution >= 4 is 17.5 Å². The Morgan fingerprint density at radius 1 is 1.30 bits per heavy atom. The van der Waals surface area contributed by atoms with Crippen molar-refractivity contribution in [2.75, 3.05) is 13.6 Å². The first-order valence-electron chi connectivity index (χ1n) is 7.27. The quantitative estimate of drug-likeness (QED) is 0.742. The summed E-state index contributed by atoms with van der Waals surface area (Å²) in [5.74, 6) is 0.185. The monoisotopic (exact) mass is 296 g/mol. The van der Waals surface area contributed by atoms with Gasteiger partial charge in [-0.1, -0.05) is 36.6 Å². The van der Waals surface area contributed by atoms with Crippen LogP contribution in [0.15, 0.2) is 24.3 Å². The number of carbonyl (C=O) groups excluding carboxylic acids is 1. The van der Waals surface area contributed by atoms with Crippen LogP contribution in [-0.2, 0) is 4.79 Å². The second-order valence-electron chi connectivity index (χ2n) is 5.19. The zero-order chi connectivity index (χ0) is 15.0. The molecule has 1 rings (SSSR count). The molecule has 20 heavy (non-hydrogen) atoms. The zero-order valence-corrected chi connectivity index (χ0v) is 13.2. The average molecular weight is 297 g/mol. The van der Waals surface area contributed by atoms with Gasteiger partial charge in [0.1, 0.15) is 0 Å². The Balaban J connectivity index is 2.43. The molecule has 112 valence electrons. The van der Waals surface area contributed by atoms with Crippen molar-refractivity contribution in [3.05, 3.63) is 34.9 Å². The maximum Gasteiger partial charge on any atom is 0.222 e. The van der Waals surface area contributed by atoms with E-state index in [9.17, 15) is 4.79 Å². The van der Waals surface area contributed by atoms with E-state index >= 15 is 0 Å². The summed E-state index contributed by atoms with van der Waals surface area (Å²) in [6, 6.07) is 7.72. The molecule has 1 aromatic rings. The molecular formula is C16H25ClN2O. The molecule has 1 unspecified atom stereocenters. The lowest BCUT2D eigenvalue weighted by Crippen LogP contribution is -2.29. The molecule has 0 spiro atoms. The molecule has 0 bridgehead atoms. The molecule has 0 saturated carbocycles. The fourth-order valence-electron chi connectivity index (χ4n) is 2.16. The molecule has 3 nitrogen and oxygen atoms in total. The van der Waals surface area contributed by atoms with Crippen LogP contribution >= 0.6 is 11.6 Å². The first kappa shape index (κ1) is 17.0. The van der Waals surface area contributed by atoms with Crippen molar-refractivity contribution in [1.82, 2.24) is 4.90 Å². The van der Waals surface area contributed by atoms with Crippen LogP contribution < -0.4 is 5.73 Å². The maximum atomic E-state index is 12.1. The number of rotatable bonds is 8. The van der Waals surface area contributed by atoms with Crippen molar-refractivity contribution < 1.29 is 4.79 Å². The smallest absolute Gasteiger partial charge is 0.222 e. The van der Waals surface area contributed by atoms with E-state index in [2.05, 4.69) is 0 Å². The van der Waals surface area contributed by atoms with Gasteiger partial charge >= 0.3 is 0 Å². The topological polar surface area (TPSA) is 46.3 Å². The highest BCUT2D eigenvalue weighted by Crippen LogP contribution is 2.22. The highest BCUT2D eigenvalue weighted by molar-refractivity contribution is 6.30. The highest BCUT2D eigenvalue weighted by atomic mass is 35.5. The number of hydrogen-bond donors (Lipinski definition) is 1. The van der Waals surface area contributed by atoms with Gasteiger partial charge in [0.05, 0.1) is 6.04 Å². The standard InChI is InChI=1S/C16H25ClN2O/c1-13(14-8-7-9-15(17)12-14)19(2)16(20)10-5-3-4-6-11-18/h7-9,12-13H,3-6,10-11,18H2,1-2H3. The number of nitrogens with zero attached hydrogens (tertiary/aromatic N) is 1. The molecule has 1 atom stereocenters. The number of carbonyl (C=O) groups is 1. The van der Waals surface area contributed by atoms with Gasteiger partial charge in [0.15, 0.2) is 0 Å². The lowest BCUT2D eigenvalue weighted by Gasteiger charge is -2.25. The molecule has 0 saturated heterocycles. The summed E-state index contributed by atoms with van der Waals surface area (Å²) in [4.78, 5) is 13.9. The fourth-order valence-corrected chi connectivity index (χ4v) is 2.36. The Kier molecular flexibility index (Phi) is 7.63. The lowest BCUT2D eigenvalue weighted by molar-refractivity contribution is -0.131. The molecule has 1 amide bonds. The summed E-state index contributed by atoms with van der Waals surface area (Å²) in [7, 11) is 1.85. The summed E-state index contributed by atoms with van der Waals surface area (Å²) < 4.78 is 0. The Morgan fingerprint density at radius 3 is 2.65 bits per heavy atom. The Labute approximate surface area is 127 Å². The normalized spacial score (nSPS) is 12.2. The fraction of sp³-hybridized carbons (Fsp3) is 0.562. The largest absolute Gasteiger partial charge is 0.339 e. The lowest BCUT2D eigenvalue weighted by atomic mass is 10.1. The molecule has 0 aliphatic heterocycles. The van der Waals surface area contributed by atoms with E-state index in [0.717, 1.165) is 37.8 Å². The SMILES string of the molecule is CC(c1cccc(Cl)c1)N(C)C(=O)CCCCCCN. The third kappa shape index (κ3) is 5.51. The van der Waals surface area contributed by atoms with Crippen molar-refractivity contribution in [1.29, 1.82) is 0 Å². The molecule has 0 radical (unpaired) electrons. The minimum Gasteiger partial charge on any atom is -0.339 e. The van der Waals surface area contributed by atoms with Crippen LogP contribution in [0.1, 0.15) is 50.6 Å². The summed E-state index contributed by atoms with van der Waals surface area (Å²) in [5.41, 5.74) is 6.52. The molecule has 0 aliphatic carbocycles. The maximum absolute atomic E-state index is 12.1. The van der Waals surface area contributed by atoms with Gasteiger partial charge in [-0.2, -0.15) is 0 Å². The van der Waals surface area contributed by atoms with Gasteiger partial charge in [-0.05, 0) is 44.0 Å². The minimum atomic E-state index is 0.0465. The van der Waals surface area contributed by atoms with Crippen LogP contribution in [0.2, 0.25) is 5.02 Å². The molecule has 0 fully saturated rings. The predicted octanol–water partition coefficient (Wildman–Crippen LogP) is 3.77. The Morgan fingerprint density at radius 2 is 2.00 bits per heavy atom. The zero-order valence-electron chi connectivity index (χ0n) is 12.4. The van der Waals surface area contributed by atoms with Crippen molar-refractivity contribution in [3.8, 4) is 0 Å². The van der Waals surface area contributed by atoms with Gasteiger partial charge in [-0.15, -0.1) is 0 Å². The Bertz CT molecular complexity index is 423. The highest BCUT2D eigenvalue weighted by Gasteiger charge is 2.16. The van der Waals surface area contributed by atoms with Crippen molar-refractivity contribution in [2.45, 2.75) is 45.1 Å². The Hall–Kier alpha value is -1.06. The molecule has 0 aromatic heterocycles. The molecule has 0 heterocycles. The van der Waals surface area contributed by atoms with Gasteiger partial charge in [0, 0.05) is 18.5 Å². The van der Waals surface area contributed by atoms with Gasteiger partial charge in [0.2, 0.25) is 5.91 Å². The molecule has 0 aliphatic rings. The number of nitrogens with two attached hydrogens (primary N) is 1. The van der Waals surface area contributed by atoms with Crippen molar-refractivity contribution in [3.63, 3.8) is 0 Å². The van der Waals surface area contributed by atoms with E-state index in [1.165, 1.54) is 0 Å². The molecule has 2 N–H and O–H groups in total. The van der Waals surface area contributed by atoms with Crippen LogP contribution in [0, 0.1) is 0 Å². The van der Waals surface area contributed by atoms with Gasteiger partial charge in [-0.25, -0.2) is 0 Å². The van der Waals surface area contributed by atoms with Crippen LogP contribution in [-0.4, -0.2) is 24.4 Å². The first-order chi connectivity index (χ1) is 9.56. The number of benzene rings is 1. The minimum absolute atomic E-state index is 0.0465. The third-order valence-corrected chi connectivity index (χ3v) is 3.89. The second kappa shape index (κ2) is 8.98. The van der Waals surface area contributed by atoms with Crippen LogP contribution in [0.3, 0.4) is 0 Å². The molecule has 1 aromatic carbocycles. The number of halogens is 1. The molecular weight excluding hydrogens is 272 g/mol. The average Bonchev–Trinajstić information content (AvgIpc) is 2.45. The summed E-state index contributed by atoms with van der Waals surface area (Å²) in [6.45, 7) is 2.76. The van der Waals surface area contributed by atoms with E-state index in [1.54, 1.807) is 4.90 Å². The van der Waals surface area contributed by atoms with Gasteiger partial charge in [-0.3, -0.25) is 4.79 Å². The number of amides is 1. The third-order valence-electron chi connectivity index (χ3n) is 3.65. The molecule has 4 heteroatoms. The van der Waals surface area contributed by atoms with Crippen molar-refractivity contribution in [2.24, 2.45) is 5.73 Å². The van der Waals surface area contributed by atoms with Gasteiger partial charge < -0.3 is 10.6 Å². The summed E-state index contributed by atoms with van der Waals surface area (Å²) in [6.07, 6.45) is 4.76.